The minimum Gasteiger partial charge on any atom is -0.287 e. The van der Waals surface area contributed by atoms with Crippen LogP contribution in [0.3, 0.4) is 0 Å². The first kappa shape index (κ1) is 16.1. The molecule has 25 heavy (non-hydrogen) atoms. The van der Waals surface area contributed by atoms with Gasteiger partial charge < -0.3 is 0 Å². The molecule has 0 atom stereocenters. The molecule has 4 aromatic rings. The summed E-state index contributed by atoms with van der Waals surface area (Å²) in [6.45, 7) is 2.47. The molecule has 0 aliphatic rings. The maximum atomic E-state index is 13.1. The largest absolute Gasteiger partial charge is 0.287 e. The van der Waals surface area contributed by atoms with Crippen LogP contribution in [-0.2, 0) is 6.54 Å². The predicted molar refractivity (Wildman–Crippen MR) is 105 cm³/mol. The van der Waals surface area contributed by atoms with Crippen LogP contribution in [0, 0.1) is 6.92 Å². The van der Waals surface area contributed by atoms with Gasteiger partial charge in [0, 0.05) is 10.4 Å². The third-order valence-corrected chi connectivity index (χ3v) is 5.30. The predicted octanol–water partition coefficient (Wildman–Crippen LogP) is 5.14. The van der Waals surface area contributed by atoms with Gasteiger partial charge in [0.15, 0.2) is 0 Å². The van der Waals surface area contributed by atoms with Gasteiger partial charge in [-0.3, -0.25) is 9.36 Å². The molecule has 0 bridgehead atoms. The number of hydrogen-bond acceptors (Lipinski definition) is 3. The molecule has 4 rings (SSSR count). The third-order valence-electron chi connectivity index (χ3n) is 4.12. The second kappa shape index (κ2) is 6.47. The van der Waals surface area contributed by atoms with Crippen molar-refractivity contribution in [2.75, 3.05) is 0 Å². The van der Waals surface area contributed by atoms with Crippen LogP contribution in [-0.4, -0.2) is 9.55 Å². The van der Waals surface area contributed by atoms with Crippen LogP contribution in [0.15, 0.2) is 64.8 Å². The van der Waals surface area contributed by atoms with Crippen molar-refractivity contribution in [3.8, 4) is 11.4 Å². The number of benzene rings is 2. The molecule has 0 unspecified atom stereocenters. The molecular weight excluding hydrogens is 352 g/mol. The number of fused-ring (bicyclic) bond motifs is 1. The van der Waals surface area contributed by atoms with Gasteiger partial charge in [-0.1, -0.05) is 35.9 Å². The van der Waals surface area contributed by atoms with Crippen molar-refractivity contribution in [1.82, 2.24) is 9.55 Å². The quantitative estimate of drug-likeness (QED) is 0.503. The van der Waals surface area contributed by atoms with Crippen molar-refractivity contribution in [3.05, 3.63) is 85.8 Å². The molecule has 0 amide bonds. The van der Waals surface area contributed by atoms with Crippen LogP contribution in [0.25, 0.3) is 22.3 Å². The van der Waals surface area contributed by atoms with Gasteiger partial charge in [-0.2, -0.15) is 0 Å². The molecule has 0 N–H and O–H groups in total. The zero-order chi connectivity index (χ0) is 17.4. The summed E-state index contributed by atoms with van der Waals surface area (Å²) in [5.41, 5.74) is 2.47. The SMILES string of the molecule is Cc1ccc(-c2nc3ccccc3c(=O)n2Cc2cccs2)c(Cl)c1. The number of hydrogen-bond donors (Lipinski definition) is 0. The highest BCUT2D eigenvalue weighted by molar-refractivity contribution is 7.09. The van der Waals surface area contributed by atoms with Crippen molar-refractivity contribution in [2.24, 2.45) is 0 Å². The van der Waals surface area contributed by atoms with Crippen LogP contribution >= 0.6 is 22.9 Å². The van der Waals surface area contributed by atoms with Crippen LogP contribution in [0.1, 0.15) is 10.4 Å². The summed E-state index contributed by atoms with van der Waals surface area (Å²) < 4.78 is 1.71. The van der Waals surface area contributed by atoms with Gasteiger partial charge in [0.05, 0.1) is 22.5 Å². The van der Waals surface area contributed by atoms with Crippen molar-refractivity contribution in [1.29, 1.82) is 0 Å². The topological polar surface area (TPSA) is 34.9 Å². The summed E-state index contributed by atoms with van der Waals surface area (Å²) in [6.07, 6.45) is 0. The molecule has 0 saturated carbocycles. The summed E-state index contributed by atoms with van der Waals surface area (Å²) in [6, 6.07) is 17.2. The number of rotatable bonds is 3. The fourth-order valence-corrected chi connectivity index (χ4v) is 3.89. The van der Waals surface area contributed by atoms with E-state index in [0.29, 0.717) is 28.3 Å². The second-order valence-corrected chi connectivity index (χ2v) is 7.35. The Morgan fingerprint density at radius 3 is 2.72 bits per heavy atom. The maximum absolute atomic E-state index is 13.1. The molecule has 2 heterocycles. The van der Waals surface area contributed by atoms with E-state index in [4.69, 9.17) is 16.6 Å². The van der Waals surface area contributed by atoms with Crippen LogP contribution in [0.5, 0.6) is 0 Å². The molecule has 0 fully saturated rings. The smallest absolute Gasteiger partial charge is 0.261 e. The van der Waals surface area contributed by atoms with E-state index in [-0.39, 0.29) is 5.56 Å². The zero-order valence-corrected chi connectivity index (χ0v) is 15.1. The summed E-state index contributed by atoms with van der Waals surface area (Å²) in [5.74, 6) is 0.599. The molecule has 0 aliphatic carbocycles. The lowest BCUT2D eigenvalue weighted by atomic mass is 10.1. The van der Waals surface area contributed by atoms with Crippen molar-refractivity contribution in [3.63, 3.8) is 0 Å². The number of nitrogens with zero attached hydrogens (tertiary/aromatic N) is 2. The normalized spacial score (nSPS) is 11.1. The molecule has 124 valence electrons. The molecule has 2 aromatic heterocycles. The number of para-hydroxylation sites is 1. The van der Waals surface area contributed by atoms with E-state index in [1.807, 2.05) is 66.9 Å². The summed E-state index contributed by atoms with van der Waals surface area (Å²) >= 11 is 8.09. The average molecular weight is 367 g/mol. The standard InChI is InChI=1S/C20H15ClN2OS/c1-13-8-9-15(17(21)11-13)19-22-18-7-3-2-6-16(18)20(24)23(19)12-14-5-4-10-25-14/h2-11H,12H2,1H3. The molecule has 0 radical (unpaired) electrons. The highest BCUT2D eigenvalue weighted by Gasteiger charge is 2.15. The lowest BCUT2D eigenvalue weighted by Crippen LogP contribution is -2.23. The lowest BCUT2D eigenvalue weighted by Gasteiger charge is -2.14. The minimum absolute atomic E-state index is 0.0503. The first-order valence-electron chi connectivity index (χ1n) is 7.92. The van der Waals surface area contributed by atoms with E-state index in [1.165, 1.54) is 0 Å². The first-order valence-corrected chi connectivity index (χ1v) is 9.18. The molecular formula is C20H15ClN2OS. The highest BCUT2D eigenvalue weighted by Crippen LogP contribution is 2.28. The fraction of sp³-hybridized carbons (Fsp3) is 0.100. The Morgan fingerprint density at radius 1 is 1.12 bits per heavy atom. The van der Waals surface area contributed by atoms with Gasteiger partial charge in [0.2, 0.25) is 0 Å². The van der Waals surface area contributed by atoms with Gasteiger partial charge >= 0.3 is 0 Å². The lowest BCUT2D eigenvalue weighted by molar-refractivity contribution is 0.769. The summed E-state index contributed by atoms with van der Waals surface area (Å²) in [5, 5.41) is 3.22. The van der Waals surface area contributed by atoms with Crippen LogP contribution < -0.4 is 5.56 Å². The number of halogens is 1. The van der Waals surface area contributed by atoms with Crippen LogP contribution in [0.4, 0.5) is 0 Å². The number of aromatic nitrogens is 2. The molecule has 0 spiro atoms. The molecule has 0 saturated heterocycles. The van der Waals surface area contributed by atoms with Crippen molar-refractivity contribution >= 4 is 33.8 Å². The van der Waals surface area contributed by atoms with Crippen LogP contribution in [0.2, 0.25) is 5.02 Å². The molecule has 5 heteroatoms. The molecule has 3 nitrogen and oxygen atoms in total. The second-order valence-electron chi connectivity index (χ2n) is 5.91. The average Bonchev–Trinajstić information content (AvgIpc) is 3.11. The van der Waals surface area contributed by atoms with Gasteiger partial charge in [0.1, 0.15) is 5.82 Å². The van der Waals surface area contributed by atoms with E-state index in [0.717, 1.165) is 16.0 Å². The van der Waals surface area contributed by atoms with E-state index in [9.17, 15) is 4.79 Å². The fourth-order valence-electron chi connectivity index (χ4n) is 2.88. The Labute approximate surface area is 154 Å². The number of thiophene rings is 1. The highest BCUT2D eigenvalue weighted by atomic mass is 35.5. The van der Waals surface area contributed by atoms with E-state index < -0.39 is 0 Å². The van der Waals surface area contributed by atoms with Gasteiger partial charge in [-0.25, -0.2) is 4.98 Å². The molecule has 0 aliphatic heterocycles. The Hall–Kier alpha value is -2.43. The minimum atomic E-state index is -0.0503. The number of aryl methyl sites for hydroxylation is 1. The Bertz CT molecular complexity index is 1120. The first-order chi connectivity index (χ1) is 12.1. The summed E-state index contributed by atoms with van der Waals surface area (Å²) in [4.78, 5) is 19.0. The Kier molecular flexibility index (Phi) is 4.15. The third kappa shape index (κ3) is 2.99. The Balaban J connectivity index is 2.02. The van der Waals surface area contributed by atoms with Crippen molar-refractivity contribution < 1.29 is 0 Å². The van der Waals surface area contributed by atoms with E-state index >= 15 is 0 Å². The summed E-state index contributed by atoms with van der Waals surface area (Å²) in [7, 11) is 0. The Morgan fingerprint density at radius 2 is 1.96 bits per heavy atom. The monoisotopic (exact) mass is 366 g/mol. The van der Waals surface area contributed by atoms with Crippen molar-refractivity contribution in [2.45, 2.75) is 13.5 Å². The zero-order valence-electron chi connectivity index (χ0n) is 13.6. The van der Waals surface area contributed by atoms with E-state index in [1.54, 1.807) is 15.9 Å². The van der Waals surface area contributed by atoms with E-state index in [2.05, 4.69) is 0 Å². The molecule has 2 aromatic carbocycles. The van der Waals surface area contributed by atoms with Gasteiger partial charge in [-0.05, 0) is 48.2 Å². The maximum Gasteiger partial charge on any atom is 0.261 e. The van der Waals surface area contributed by atoms with Gasteiger partial charge in [0.25, 0.3) is 5.56 Å². The van der Waals surface area contributed by atoms with Gasteiger partial charge in [-0.15, -0.1) is 11.3 Å².